The molecule has 4 fully saturated rings. The van der Waals surface area contributed by atoms with E-state index in [-0.39, 0.29) is 11.4 Å². The fourth-order valence-corrected chi connectivity index (χ4v) is 6.14. The molecule has 4 rings (SSSR count). The van der Waals surface area contributed by atoms with Crippen molar-refractivity contribution in [3.05, 3.63) is 12.7 Å². The molecule has 0 spiro atoms. The highest BCUT2D eigenvalue weighted by Crippen LogP contribution is 2.62. The Labute approximate surface area is 117 Å². The molecule has 4 aliphatic carbocycles. The molecule has 0 aliphatic heterocycles. The second-order valence-corrected chi connectivity index (χ2v) is 7.45. The van der Waals surface area contributed by atoms with Crippen LogP contribution in [0.3, 0.4) is 0 Å². The van der Waals surface area contributed by atoms with Gasteiger partial charge >= 0.3 is 0 Å². The lowest BCUT2D eigenvalue weighted by Gasteiger charge is -2.65. The average Bonchev–Trinajstić information content (AvgIpc) is 2.36. The molecule has 0 unspecified atom stereocenters. The fourth-order valence-electron chi connectivity index (χ4n) is 6.14. The van der Waals surface area contributed by atoms with Gasteiger partial charge in [0.1, 0.15) is 0 Å². The highest BCUT2D eigenvalue weighted by atomic mass is 16.2. The van der Waals surface area contributed by atoms with Gasteiger partial charge in [0.2, 0.25) is 5.91 Å². The zero-order chi connectivity index (χ0) is 13.8. The summed E-state index contributed by atoms with van der Waals surface area (Å²) in [6.07, 6.45) is 8.34. The Balaban J connectivity index is 2.01. The van der Waals surface area contributed by atoms with Crippen LogP contribution in [0.15, 0.2) is 12.7 Å². The van der Waals surface area contributed by atoms with E-state index in [4.69, 9.17) is 0 Å². The number of nitrogens with zero attached hydrogens (tertiary/aromatic N) is 1. The third kappa shape index (κ3) is 1.64. The molecule has 1 amide bonds. The topological polar surface area (TPSA) is 20.3 Å². The number of hydrogen-bond donors (Lipinski definition) is 0. The fraction of sp³-hybridized carbons (Fsp3) is 0.824. The van der Waals surface area contributed by atoms with Crippen molar-refractivity contribution in [1.29, 1.82) is 0 Å². The van der Waals surface area contributed by atoms with Crippen LogP contribution in [0.4, 0.5) is 0 Å². The predicted octanol–water partition coefficient (Wildman–Crippen LogP) is 3.48. The molecule has 0 aromatic rings. The van der Waals surface area contributed by atoms with Crippen LogP contribution in [0.1, 0.15) is 46.0 Å². The Bertz CT molecular complexity index is 370. The van der Waals surface area contributed by atoms with Gasteiger partial charge in [-0.3, -0.25) is 4.79 Å². The number of hydrogen-bond acceptors (Lipinski definition) is 1. The van der Waals surface area contributed by atoms with Gasteiger partial charge in [0.25, 0.3) is 0 Å². The van der Waals surface area contributed by atoms with Gasteiger partial charge in [-0.05, 0) is 67.8 Å². The summed E-state index contributed by atoms with van der Waals surface area (Å²) in [4.78, 5) is 14.3. The summed E-state index contributed by atoms with van der Waals surface area (Å²) in [5.74, 6) is 3.98. The summed E-state index contributed by atoms with van der Waals surface area (Å²) in [6.45, 7) is 8.32. The Morgan fingerprint density at radius 2 is 1.63 bits per heavy atom. The van der Waals surface area contributed by atoms with Gasteiger partial charge in [-0.15, -0.1) is 0 Å². The van der Waals surface area contributed by atoms with Crippen molar-refractivity contribution in [2.24, 2.45) is 29.6 Å². The number of amides is 1. The molecule has 0 saturated heterocycles. The third-order valence-electron chi connectivity index (χ3n) is 6.46. The Kier molecular flexibility index (Phi) is 3.03. The maximum atomic E-state index is 12.3. The molecule has 0 N–H and O–H groups in total. The van der Waals surface area contributed by atoms with E-state index in [0.29, 0.717) is 5.92 Å². The van der Waals surface area contributed by atoms with Crippen LogP contribution in [0.25, 0.3) is 0 Å². The van der Waals surface area contributed by atoms with Gasteiger partial charge in [-0.2, -0.15) is 0 Å². The highest BCUT2D eigenvalue weighted by molar-refractivity contribution is 5.87. The van der Waals surface area contributed by atoms with Gasteiger partial charge < -0.3 is 4.90 Å². The van der Waals surface area contributed by atoms with Crippen LogP contribution >= 0.6 is 0 Å². The predicted molar refractivity (Wildman–Crippen MR) is 77.6 cm³/mol. The highest BCUT2D eigenvalue weighted by Gasteiger charge is 2.60. The zero-order valence-corrected chi connectivity index (χ0v) is 12.6. The summed E-state index contributed by atoms with van der Waals surface area (Å²) in [7, 11) is 2.02. The van der Waals surface area contributed by atoms with E-state index in [2.05, 4.69) is 25.3 Å². The van der Waals surface area contributed by atoms with E-state index < -0.39 is 0 Å². The molecule has 4 saturated carbocycles. The van der Waals surface area contributed by atoms with E-state index in [1.165, 1.54) is 38.2 Å². The van der Waals surface area contributed by atoms with E-state index in [0.717, 1.165) is 23.7 Å². The first-order chi connectivity index (χ1) is 9.00. The number of carbonyl (C=O) groups is 1. The maximum absolute atomic E-state index is 12.3. The lowest BCUT2D eigenvalue weighted by atomic mass is 9.45. The Morgan fingerprint density at radius 1 is 1.16 bits per heavy atom. The molecule has 19 heavy (non-hydrogen) atoms. The summed E-state index contributed by atoms with van der Waals surface area (Å²) in [6, 6.07) is 0. The minimum Gasteiger partial charge on any atom is -0.336 e. The van der Waals surface area contributed by atoms with Crippen molar-refractivity contribution in [3.63, 3.8) is 0 Å². The Morgan fingerprint density at radius 3 is 2.00 bits per heavy atom. The molecule has 4 aliphatic rings. The molecule has 4 bridgehead atoms. The molecular weight excluding hydrogens is 234 g/mol. The SMILES string of the molecule is C=CC(=O)N(C)C1(C(C)C)C2CC3CC(C2)CC1C3. The first-order valence-electron chi connectivity index (χ1n) is 7.90. The van der Waals surface area contributed by atoms with Crippen molar-refractivity contribution in [2.75, 3.05) is 7.05 Å². The molecule has 0 aromatic carbocycles. The average molecular weight is 261 g/mol. The maximum Gasteiger partial charge on any atom is 0.246 e. The molecule has 0 radical (unpaired) electrons. The van der Waals surface area contributed by atoms with Crippen molar-refractivity contribution in [3.8, 4) is 0 Å². The van der Waals surface area contributed by atoms with Crippen LogP contribution in [-0.2, 0) is 4.79 Å². The van der Waals surface area contributed by atoms with Crippen molar-refractivity contribution >= 4 is 5.91 Å². The molecular formula is C17H27NO. The van der Waals surface area contributed by atoms with Gasteiger partial charge in [-0.25, -0.2) is 0 Å². The number of carbonyl (C=O) groups excluding carboxylic acids is 1. The van der Waals surface area contributed by atoms with Gasteiger partial charge in [0, 0.05) is 7.05 Å². The second kappa shape index (κ2) is 4.36. The van der Waals surface area contributed by atoms with E-state index >= 15 is 0 Å². The first kappa shape index (κ1) is 13.2. The quantitative estimate of drug-likeness (QED) is 0.712. The largest absolute Gasteiger partial charge is 0.336 e. The normalized spacial score (nSPS) is 43.6. The number of rotatable bonds is 3. The van der Waals surface area contributed by atoms with E-state index in [1.807, 2.05) is 7.05 Å². The molecule has 0 atom stereocenters. The molecule has 0 aromatic heterocycles. The molecule has 106 valence electrons. The smallest absolute Gasteiger partial charge is 0.246 e. The lowest BCUT2D eigenvalue weighted by molar-refractivity contribution is -0.167. The third-order valence-corrected chi connectivity index (χ3v) is 6.46. The first-order valence-corrected chi connectivity index (χ1v) is 7.90. The minimum atomic E-state index is 0.0959. The zero-order valence-electron chi connectivity index (χ0n) is 12.6. The van der Waals surface area contributed by atoms with Gasteiger partial charge in [0.15, 0.2) is 0 Å². The summed E-state index contributed by atoms with van der Waals surface area (Å²) in [5.41, 5.74) is 0.0959. The van der Waals surface area contributed by atoms with E-state index in [9.17, 15) is 4.79 Å². The molecule has 2 heteroatoms. The monoisotopic (exact) mass is 261 g/mol. The van der Waals surface area contributed by atoms with Gasteiger partial charge in [0.05, 0.1) is 5.54 Å². The van der Waals surface area contributed by atoms with Gasteiger partial charge in [-0.1, -0.05) is 20.4 Å². The van der Waals surface area contributed by atoms with Crippen LogP contribution in [0.5, 0.6) is 0 Å². The Hall–Kier alpha value is -0.790. The van der Waals surface area contributed by atoms with Crippen molar-refractivity contribution < 1.29 is 4.79 Å². The van der Waals surface area contributed by atoms with Crippen LogP contribution < -0.4 is 0 Å². The van der Waals surface area contributed by atoms with Crippen LogP contribution in [0, 0.1) is 29.6 Å². The summed E-state index contributed by atoms with van der Waals surface area (Å²) >= 11 is 0. The lowest BCUT2D eigenvalue weighted by Crippen LogP contribution is -2.68. The summed E-state index contributed by atoms with van der Waals surface area (Å²) < 4.78 is 0. The minimum absolute atomic E-state index is 0.0959. The molecule has 0 heterocycles. The summed E-state index contributed by atoms with van der Waals surface area (Å²) in [5, 5.41) is 0. The van der Waals surface area contributed by atoms with Crippen molar-refractivity contribution in [2.45, 2.75) is 51.5 Å². The van der Waals surface area contributed by atoms with E-state index in [1.54, 1.807) is 0 Å². The van der Waals surface area contributed by atoms with Crippen LogP contribution in [-0.4, -0.2) is 23.4 Å². The van der Waals surface area contributed by atoms with Crippen molar-refractivity contribution in [1.82, 2.24) is 4.90 Å². The standard InChI is InChI=1S/C17H27NO/c1-5-16(19)18(4)17(11(2)3)14-7-12-6-13(9-14)10-15(17)8-12/h5,11-15H,1,6-10H2,2-4H3. The second-order valence-electron chi connectivity index (χ2n) is 7.45. The van der Waals surface area contributed by atoms with Crippen LogP contribution in [0.2, 0.25) is 0 Å². The molecule has 2 nitrogen and oxygen atoms in total. The number of likely N-dealkylation sites (N-methyl/N-ethyl adjacent to an activating group) is 1.